The predicted octanol–water partition coefficient (Wildman–Crippen LogP) is 6.27. The molecule has 0 radical (unpaired) electrons. The van der Waals surface area contributed by atoms with E-state index in [1.807, 2.05) is 63.5 Å². The molecule has 0 aliphatic rings. The standard InChI is InChI=1S/C25H24N2O3S2/c1-4-29-25(28)24-23(31-21-10-6-5-9-20(21)27(2)3)19-12-11-18(14-22(19)32-24)30-16-17-8-7-13-26-15-17/h5-15H,4,16H2,1-3H3. The minimum Gasteiger partial charge on any atom is -0.489 e. The molecule has 0 spiro atoms. The van der Waals surface area contributed by atoms with Gasteiger partial charge in [0.1, 0.15) is 17.2 Å². The topological polar surface area (TPSA) is 51.7 Å². The molecule has 0 saturated carbocycles. The largest absolute Gasteiger partial charge is 0.489 e. The molecule has 0 amide bonds. The highest BCUT2D eigenvalue weighted by Gasteiger charge is 2.22. The SMILES string of the molecule is CCOC(=O)c1sc2cc(OCc3cccnc3)ccc2c1Sc1ccccc1N(C)C. The third kappa shape index (κ3) is 4.89. The molecule has 164 valence electrons. The van der Waals surface area contributed by atoms with Gasteiger partial charge in [-0.1, -0.05) is 30.0 Å². The molecule has 0 N–H and O–H groups in total. The lowest BCUT2D eigenvalue weighted by Crippen LogP contribution is -2.09. The van der Waals surface area contributed by atoms with Gasteiger partial charge in [0.05, 0.1) is 12.3 Å². The number of thiophene rings is 1. The highest BCUT2D eigenvalue weighted by atomic mass is 32.2. The van der Waals surface area contributed by atoms with Gasteiger partial charge >= 0.3 is 5.97 Å². The summed E-state index contributed by atoms with van der Waals surface area (Å²) in [5.41, 5.74) is 2.10. The number of para-hydroxylation sites is 1. The Hall–Kier alpha value is -3.03. The van der Waals surface area contributed by atoms with Gasteiger partial charge in [0.2, 0.25) is 0 Å². The van der Waals surface area contributed by atoms with E-state index in [1.165, 1.54) is 11.3 Å². The van der Waals surface area contributed by atoms with E-state index in [9.17, 15) is 4.79 Å². The molecule has 4 aromatic rings. The van der Waals surface area contributed by atoms with Gasteiger partial charge in [0.25, 0.3) is 0 Å². The smallest absolute Gasteiger partial charge is 0.349 e. The summed E-state index contributed by atoms with van der Waals surface area (Å²) in [4.78, 5) is 21.6. The van der Waals surface area contributed by atoms with Crippen molar-refractivity contribution in [2.24, 2.45) is 0 Å². The molecule has 7 heteroatoms. The number of rotatable bonds is 8. The van der Waals surface area contributed by atoms with Gasteiger partial charge in [0, 0.05) is 51.9 Å². The second-order valence-corrected chi connectivity index (χ2v) is 9.36. The van der Waals surface area contributed by atoms with E-state index >= 15 is 0 Å². The van der Waals surface area contributed by atoms with Gasteiger partial charge in [-0.25, -0.2) is 4.79 Å². The van der Waals surface area contributed by atoms with Crippen molar-refractivity contribution in [1.29, 1.82) is 0 Å². The molecule has 2 aromatic heterocycles. The first-order valence-electron chi connectivity index (χ1n) is 10.3. The number of carbonyl (C=O) groups excluding carboxylic acids is 1. The summed E-state index contributed by atoms with van der Waals surface area (Å²) in [6.07, 6.45) is 3.53. The third-order valence-electron chi connectivity index (χ3n) is 4.76. The molecule has 2 heterocycles. The van der Waals surface area contributed by atoms with Crippen molar-refractivity contribution < 1.29 is 14.3 Å². The van der Waals surface area contributed by atoms with Gasteiger partial charge in [-0.15, -0.1) is 11.3 Å². The fourth-order valence-electron chi connectivity index (χ4n) is 3.25. The summed E-state index contributed by atoms with van der Waals surface area (Å²) in [6.45, 7) is 2.60. The van der Waals surface area contributed by atoms with Crippen LogP contribution in [0.2, 0.25) is 0 Å². The molecule has 5 nitrogen and oxygen atoms in total. The van der Waals surface area contributed by atoms with Crippen molar-refractivity contribution >= 4 is 44.8 Å². The van der Waals surface area contributed by atoms with E-state index in [1.54, 1.807) is 24.2 Å². The Bertz CT molecular complexity index is 1220. The van der Waals surface area contributed by atoms with E-state index in [0.29, 0.717) is 18.1 Å². The van der Waals surface area contributed by atoms with E-state index in [4.69, 9.17) is 9.47 Å². The first-order valence-corrected chi connectivity index (χ1v) is 11.9. The summed E-state index contributed by atoms with van der Waals surface area (Å²) in [5.74, 6) is 0.458. The number of nitrogens with zero attached hydrogens (tertiary/aromatic N) is 2. The number of pyridine rings is 1. The summed E-state index contributed by atoms with van der Waals surface area (Å²) in [5, 5.41) is 1.02. The molecule has 0 fully saturated rings. The molecule has 0 saturated heterocycles. The van der Waals surface area contributed by atoms with E-state index < -0.39 is 0 Å². The third-order valence-corrected chi connectivity index (χ3v) is 7.22. The molecule has 4 rings (SSSR count). The Kier molecular flexibility index (Phi) is 6.97. The van der Waals surface area contributed by atoms with Crippen molar-refractivity contribution in [3.05, 3.63) is 77.4 Å². The predicted molar refractivity (Wildman–Crippen MR) is 131 cm³/mol. The lowest BCUT2D eigenvalue weighted by Gasteiger charge is -2.17. The van der Waals surface area contributed by atoms with Gasteiger partial charge < -0.3 is 14.4 Å². The van der Waals surface area contributed by atoms with Crippen molar-refractivity contribution in [3.8, 4) is 5.75 Å². The summed E-state index contributed by atoms with van der Waals surface area (Å²) in [6, 6.07) is 18.0. The second kappa shape index (κ2) is 10.1. The number of ether oxygens (including phenoxy) is 2. The first kappa shape index (κ1) is 22.2. The molecule has 0 atom stereocenters. The molecule has 0 bridgehead atoms. The van der Waals surface area contributed by atoms with Gasteiger partial charge in [0.15, 0.2) is 0 Å². The molecule has 0 aliphatic carbocycles. The zero-order valence-electron chi connectivity index (χ0n) is 18.2. The fraction of sp³-hybridized carbons (Fsp3) is 0.200. The Balaban J connectivity index is 1.70. The molecule has 0 aliphatic heterocycles. The van der Waals surface area contributed by atoms with Gasteiger partial charge in [-0.05, 0) is 43.3 Å². The van der Waals surface area contributed by atoms with E-state index in [-0.39, 0.29) is 5.97 Å². The fourth-order valence-corrected chi connectivity index (χ4v) is 5.77. The highest BCUT2D eigenvalue weighted by molar-refractivity contribution is 8.00. The number of carbonyl (C=O) groups is 1. The minimum absolute atomic E-state index is 0.295. The van der Waals surface area contributed by atoms with Crippen LogP contribution in [0.25, 0.3) is 10.1 Å². The van der Waals surface area contributed by atoms with Crippen LogP contribution < -0.4 is 9.64 Å². The van der Waals surface area contributed by atoms with Crippen molar-refractivity contribution in [2.75, 3.05) is 25.6 Å². The Morgan fingerprint density at radius 2 is 1.97 bits per heavy atom. The lowest BCUT2D eigenvalue weighted by atomic mass is 10.2. The summed E-state index contributed by atoms with van der Waals surface area (Å²) in [7, 11) is 4.03. The maximum absolute atomic E-state index is 12.8. The quantitative estimate of drug-likeness (QED) is 0.287. The number of benzene rings is 2. The summed E-state index contributed by atoms with van der Waals surface area (Å²) >= 11 is 3.03. The second-order valence-electron chi connectivity index (χ2n) is 7.25. The molecular weight excluding hydrogens is 440 g/mol. The molecular formula is C25H24N2O3S2. The van der Waals surface area contributed by atoms with Crippen LogP contribution >= 0.6 is 23.1 Å². The highest BCUT2D eigenvalue weighted by Crippen LogP contribution is 2.45. The monoisotopic (exact) mass is 464 g/mol. The Morgan fingerprint density at radius 3 is 2.72 bits per heavy atom. The van der Waals surface area contributed by atoms with Crippen LogP contribution in [0.5, 0.6) is 5.75 Å². The Morgan fingerprint density at radius 1 is 1.12 bits per heavy atom. The zero-order chi connectivity index (χ0) is 22.5. The van der Waals surface area contributed by atoms with E-state index in [2.05, 4.69) is 22.0 Å². The van der Waals surface area contributed by atoms with Crippen LogP contribution in [-0.4, -0.2) is 31.7 Å². The van der Waals surface area contributed by atoms with E-state index in [0.717, 1.165) is 36.9 Å². The summed E-state index contributed by atoms with van der Waals surface area (Å²) < 4.78 is 12.3. The maximum Gasteiger partial charge on any atom is 0.349 e. The van der Waals surface area contributed by atoms with Crippen LogP contribution in [0.3, 0.4) is 0 Å². The van der Waals surface area contributed by atoms with Crippen LogP contribution in [0.15, 0.2) is 76.8 Å². The number of aromatic nitrogens is 1. The van der Waals surface area contributed by atoms with Crippen LogP contribution in [0.1, 0.15) is 22.2 Å². The number of esters is 1. The van der Waals surface area contributed by atoms with Crippen LogP contribution in [0.4, 0.5) is 5.69 Å². The number of anilines is 1. The van der Waals surface area contributed by atoms with Crippen molar-refractivity contribution in [1.82, 2.24) is 4.98 Å². The number of hydrogen-bond donors (Lipinski definition) is 0. The van der Waals surface area contributed by atoms with Gasteiger partial charge in [-0.3, -0.25) is 4.98 Å². The molecule has 32 heavy (non-hydrogen) atoms. The van der Waals surface area contributed by atoms with Crippen molar-refractivity contribution in [2.45, 2.75) is 23.3 Å². The van der Waals surface area contributed by atoms with Crippen LogP contribution in [-0.2, 0) is 11.3 Å². The average Bonchev–Trinajstić information content (AvgIpc) is 3.16. The molecule has 2 aromatic carbocycles. The molecule has 0 unspecified atom stereocenters. The first-order chi connectivity index (χ1) is 15.6. The zero-order valence-corrected chi connectivity index (χ0v) is 19.8. The number of hydrogen-bond acceptors (Lipinski definition) is 7. The maximum atomic E-state index is 12.8. The van der Waals surface area contributed by atoms with Crippen LogP contribution in [0, 0.1) is 0 Å². The van der Waals surface area contributed by atoms with Gasteiger partial charge in [-0.2, -0.15) is 0 Å². The normalized spacial score (nSPS) is 10.8. The van der Waals surface area contributed by atoms with Crippen molar-refractivity contribution in [3.63, 3.8) is 0 Å². The Labute approximate surface area is 196 Å². The average molecular weight is 465 g/mol. The minimum atomic E-state index is -0.295. The lowest BCUT2D eigenvalue weighted by molar-refractivity contribution is 0.0528. The number of fused-ring (bicyclic) bond motifs is 1.